The Morgan fingerprint density at radius 2 is 1.80 bits per heavy atom. The van der Waals surface area contributed by atoms with E-state index in [1.807, 2.05) is 0 Å². The highest BCUT2D eigenvalue weighted by Crippen LogP contribution is 2.32. The van der Waals surface area contributed by atoms with E-state index in [2.05, 4.69) is 4.90 Å². The maximum absolute atomic E-state index is 11.4. The Balaban J connectivity index is 2.03. The Labute approximate surface area is 128 Å². The molecule has 20 heavy (non-hydrogen) atoms. The Bertz CT molecular complexity index is 599. The molecule has 0 atom stereocenters. The van der Waals surface area contributed by atoms with Gasteiger partial charge in [-0.25, -0.2) is 8.42 Å². The van der Waals surface area contributed by atoms with E-state index in [1.165, 1.54) is 16.6 Å². The van der Waals surface area contributed by atoms with Gasteiger partial charge in [0.25, 0.3) is 0 Å². The van der Waals surface area contributed by atoms with E-state index in [4.69, 9.17) is 23.2 Å². The van der Waals surface area contributed by atoms with Crippen molar-refractivity contribution >= 4 is 33.2 Å². The zero-order valence-corrected chi connectivity index (χ0v) is 13.3. The number of halogens is 2. The highest BCUT2D eigenvalue weighted by atomic mass is 35.5. The summed E-state index contributed by atoms with van der Waals surface area (Å²) in [5, 5.41) is 10.6. The first-order chi connectivity index (χ1) is 9.27. The monoisotopic (exact) mass is 338 g/mol. The van der Waals surface area contributed by atoms with Gasteiger partial charge in [0.05, 0.1) is 11.3 Å². The topological polar surface area (TPSA) is 60.9 Å². The predicted molar refractivity (Wildman–Crippen MR) is 79.8 cm³/mol. The Morgan fingerprint density at radius 3 is 2.35 bits per heavy atom. The van der Waals surface area contributed by atoms with Crippen LogP contribution in [0.2, 0.25) is 10.0 Å². The molecule has 0 unspecified atom stereocenters. The van der Waals surface area contributed by atoms with Crippen molar-refractivity contribution in [3.8, 4) is 5.75 Å². The molecule has 1 N–H and O–H groups in total. The fourth-order valence-electron chi connectivity index (χ4n) is 2.20. The molecule has 0 aromatic heterocycles. The molecule has 5 nitrogen and oxygen atoms in total. The first kappa shape index (κ1) is 15.9. The van der Waals surface area contributed by atoms with Crippen LogP contribution in [-0.4, -0.2) is 55.2 Å². The van der Waals surface area contributed by atoms with Gasteiger partial charge in [0.1, 0.15) is 5.75 Å². The highest BCUT2D eigenvalue weighted by Gasteiger charge is 2.24. The lowest BCUT2D eigenvalue weighted by Gasteiger charge is -2.33. The van der Waals surface area contributed by atoms with Gasteiger partial charge >= 0.3 is 0 Å². The number of nitrogens with zero attached hydrogens (tertiary/aromatic N) is 2. The van der Waals surface area contributed by atoms with Crippen molar-refractivity contribution in [3.63, 3.8) is 0 Å². The molecule has 1 aliphatic rings. The van der Waals surface area contributed by atoms with Crippen LogP contribution in [0.5, 0.6) is 5.75 Å². The van der Waals surface area contributed by atoms with Gasteiger partial charge in [-0.05, 0) is 12.1 Å². The molecule has 0 radical (unpaired) electrons. The maximum Gasteiger partial charge on any atom is 0.211 e. The summed E-state index contributed by atoms with van der Waals surface area (Å²) in [7, 11) is -3.13. The predicted octanol–water partition coefficient (Wildman–Crippen LogP) is 1.78. The molecule has 1 heterocycles. The minimum atomic E-state index is -3.13. The van der Waals surface area contributed by atoms with Gasteiger partial charge < -0.3 is 5.11 Å². The molecule has 1 aliphatic heterocycles. The summed E-state index contributed by atoms with van der Waals surface area (Å²) in [5.74, 6) is 0.0293. The summed E-state index contributed by atoms with van der Waals surface area (Å²) in [6.45, 7) is 2.61. The number of piperazine rings is 1. The number of phenolic OH excluding ortho intramolecular Hbond substituents is 1. The van der Waals surface area contributed by atoms with E-state index in [1.54, 1.807) is 6.07 Å². The quantitative estimate of drug-likeness (QED) is 0.912. The van der Waals surface area contributed by atoms with Gasteiger partial charge in [0.15, 0.2) is 0 Å². The molecule has 1 aromatic rings. The zero-order chi connectivity index (χ0) is 14.9. The molecule has 112 valence electrons. The van der Waals surface area contributed by atoms with Crippen LogP contribution in [0.4, 0.5) is 0 Å². The fraction of sp³-hybridized carbons (Fsp3) is 0.500. The van der Waals surface area contributed by atoms with E-state index in [-0.39, 0.29) is 10.8 Å². The second-order valence-corrected chi connectivity index (χ2v) is 7.66. The molecule has 0 amide bonds. The third-order valence-electron chi connectivity index (χ3n) is 3.30. The van der Waals surface area contributed by atoms with Gasteiger partial charge in [-0.3, -0.25) is 4.90 Å². The second-order valence-electron chi connectivity index (χ2n) is 4.83. The number of rotatable bonds is 3. The number of aromatic hydroxyl groups is 1. The van der Waals surface area contributed by atoms with Crippen LogP contribution in [0, 0.1) is 0 Å². The van der Waals surface area contributed by atoms with E-state index in [0.717, 1.165) is 0 Å². The molecular formula is C12H16Cl2N2O3S. The first-order valence-electron chi connectivity index (χ1n) is 6.12. The largest absolute Gasteiger partial charge is 0.506 e. The lowest BCUT2D eigenvalue weighted by molar-refractivity contribution is 0.180. The number of sulfonamides is 1. The molecule has 8 heteroatoms. The van der Waals surface area contributed by atoms with Crippen molar-refractivity contribution in [2.75, 3.05) is 32.4 Å². The summed E-state index contributed by atoms with van der Waals surface area (Å²) < 4.78 is 24.3. The average molecular weight is 339 g/mol. The molecular weight excluding hydrogens is 323 g/mol. The first-order valence-corrected chi connectivity index (χ1v) is 8.72. The zero-order valence-electron chi connectivity index (χ0n) is 11.0. The van der Waals surface area contributed by atoms with Crippen LogP contribution in [0.15, 0.2) is 12.1 Å². The summed E-state index contributed by atoms with van der Waals surface area (Å²) in [5.41, 5.74) is 0.648. The SMILES string of the molecule is CS(=O)(=O)N1CCN(Cc2cc(Cl)cc(Cl)c2O)CC1. The number of benzene rings is 1. The van der Waals surface area contributed by atoms with Crippen molar-refractivity contribution in [3.05, 3.63) is 27.7 Å². The van der Waals surface area contributed by atoms with Crippen LogP contribution in [0.3, 0.4) is 0 Å². The molecule has 2 rings (SSSR count). The highest BCUT2D eigenvalue weighted by molar-refractivity contribution is 7.88. The standard InChI is InChI=1S/C12H16Cl2N2O3S/c1-20(18,19)16-4-2-15(3-5-16)8-9-6-10(13)7-11(14)12(9)17/h6-7,17H,2-5,8H2,1H3. The third-order valence-corrected chi connectivity index (χ3v) is 5.11. The van der Waals surface area contributed by atoms with Gasteiger partial charge in [-0.1, -0.05) is 23.2 Å². The second kappa shape index (κ2) is 6.07. The number of hydrogen-bond acceptors (Lipinski definition) is 4. The third kappa shape index (κ3) is 3.77. The molecule has 0 saturated carbocycles. The number of hydrogen-bond donors (Lipinski definition) is 1. The Kier molecular flexibility index (Phi) is 4.81. The fourth-order valence-corrected chi connectivity index (χ4v) is 3.56. The normalized spacial score (nSPS) is 18.4. The van der Waals surface area contributed by atoms with E-state index in [0.29, 0.717) is 43.3 Å². The van der Waals surface area contributed by atoms with Gasteiger partial charge in [0, 0.05) is 43.3 Å². The van der Waals surface area contributed by atoms with Crippen molar-refractivity contribution in [2.45, 2.75) is 6.54 Å². The maximum atomic E-state index is 11.4. The van der Waals surface area contributed by atoms with Gasteiger partial charge in [0.2, 0.25) is 10.0 Å². The molecule has 1 saturated heterocycles. The molecule has 1 aromatic carbocycles. The Hall–Kier alpha value is -0.530. The van der Waals surface area contributed by atoms with E-state index in [9.17, 15) is 13.5 Å². The summed E-state index contributed by atoms with van der Waals surface area (Å²) in [6, 6.07) is 3.16. The minimum Gasteiger partial charge on any atom is -0.506 e. The van der Waals surface area contributed by atoms with Crippen LogP contribution >= 0.6 is 23.2 Å². The summed E-state index contributed by atoms with van der Waals surface area (Å²) >= 11 is 11.8. The van der Waals surface area contributed by atoms with Crippen molar-refractivity contribution < 1.29 is 13.5 Å². The molecule has 0 spiro atoms. The number of phenols is 1. The lowest BCUT2D eigenvalue weighted by atomic mass is 10.1. The molecule has 0 aliphatic carbocycles. The van der Waals surface area contributed by atoms with Gasteiger partial charge in [-0.2, -0.15) is 4.31 Å². The van der Waals surface area contributed by atoms with Crippen molar-refractivity contribution in [1.29, 1.82) is 0 Å². The summed E-state index contributed by atoms with van der Waals surface area (Å²) in [6.07, 6.45) is 1.21. The minimum absolute atomic E-state index is 0.0293. The van der Waals surface area contributed by atoms with Crippen molar-refractivity contribution in [2.24, 2.45) is 0 Å². The average Bonchev–Trinajstić information content (AvgIpc) is 2.35. The van der Waals surface area contributed by atoms with Crippen LogP contribution < -0.4 is 0 Å². The molecule has 0 bridgehead atoms. The van der Waals surface area contributed by atoms with E-state index < -0.39 is 10.0 Å². The smallest absolute Gasteiger partial charge is 0.211 e. The lowest BCUT2D eigenvalue weighted by Crippen LogP contribution is -2.47. The van der Waals surface area contributed by atoms with E-state index >= 15 is 0 Å². The van der Waals surface area contributed by atoms with Crippen LogP contribution in [-0.2, 0) is 16.6 Å². The Morgan fingerprint density at radius 1 is 1.20 bits per heavy atom. The summed E-state index contributed by atoms with van der Waals surface area (Å²) in [4.78, 5) is 2.06. The van der Waals surface area contributed by atoms with Crippen LogP contribution in [0.1, 0.15) is 5.56 Å². The van der Waals surface area contributed by atoms with Gasteiger partial charge in [-0.15, -0.1) is 0 Å². The van der Waals surface area contributed by atoms with Crippen LogP contribution in [0.25, 0.3) is 0 Å². The van der Waals surface area contributed by atoms with Crippen molar-refractivity contribution in [1.82, 2.24) is 9.21 Å². The molecule has 1 fully saturated rings.